The van der Waals surface area contributed by atoms with Crippen LogP contribution in [0.1, 0.15) is 0 Å². The number of rotatable bonds is 5. The zero-order valence-electron chi connectivity index (χ0n) is 16.8. The molecular formula is C22H16Cl2FN3O4. The van der Waals surface area contributed by atoms with E-state index in [-0.39, 0.29) is 43.9 Å². The Kier molecular flexibility index (Phi) is 5.82. The van der Waals surface area contributed by atoms with Gasteiger partial charge in [0.15, 0.2) is 0 Å². The molecule has 2 aromatic heterocycles. The molecule has 0 unspecified atom stereocenters. The van der Waals surface area contributed by atoms with Crippen molar-refractivity contribution in [2.75, 3.05) is 25.3 Å². The number of ether oxygens (including phenoxy) is 2. The van der Waals surface area contributed by atoms with E-state index in [2.05, 4.69) is 10.3 Å². The zero-order valence-corrected chi connectivity index (χ0v) is 18.3. The molecule has 2 aromatic carbocycles. The van der Waals surface area contributed by atoms with Crippen LogP contribution < -0.4 is 26.1 Å². The van der Waals surface area contributed by atoms with E-state index in [1.807, 2.05) is 0 Å². The van der Waals surface area contributed by atoms with Crippen molar-refractivity contribution in [3.05, 3.63) is 68.9 Å². The van der Waals surface area contributed by atoms with Gasteiger partial charge >= 0.3 is 5.63 Å². The number of nitrogens with two attached hydrogens (primary N) is 1. The van der Waals surface area contributed by atoms with E-state index in [9.17, 15) is 9.18 Å². The highest BCUT2D eigenvalue weighted by atomic mass is 35.5. The van der Waals surface area contributed by atoms with Gasteiger partial charge in [-0.3, -0.25) is 0 Å². The van der Waals surface area contributed by atoms with Crippen molar-refractivity contribution in [2.45, 2.75) is 0 Å². The molecule has 2 heterocycles. The summed E-state index contributed by atoms with van der Waals surface area (Å²) in [7, 11) is 2.88. The van der Waals surface area contributed by atoms with E-state index in [0.717, 1.165) is 0 Å². The number of methoxy groups -OCH3 is 2. The lowest BCUT2D eigenvalue weighted by Gasteiger charge is -2.14. The number of pyridine rings is 1. The Morgan fingerprint density at radius 1 is 1.06 bits per heavy atom. The van der Waals surface area contributed by atoms with Gasteiger partial charge in [-0.05, 0) is 24.3 Å². The predicted molar refractivity (Wildman–Crippen MR) is 123 cm³/mol. The van der Waals surface area contributed by atoms with Crippen LogP contribution in [0.25, 0.3) is 22.1 Å². The first-order valence-electron chi connectivity index (χ1n) is 9.18. The summed E-state index contributed by atoms with van der Waals surface area (Å²) >= 11 is 12.9. The molecule has 0 spiro atoms. The van der Waals surface area contributed by atoms with Crippen LogP contribution >= 0.6 is 23.2 Å². The number of fused-ring (bicyclic) bond motifs is 1. The third kappa shape index (κ3) is 3.90. The van der Waals surface area contributed by atoms with E-state index in [1.54, 1.807) is 6.07 Å². The lowest BCUT2D eigenvalue weighted by molar-refractivity contribution is 0.395. The molecule has 10 heteroatoms. The quantitative estimate of drug-likeness (QED) is 0.360. The molecule has 4 aromatic rings. The first-order valence-corrected chi connectivity index (χ1v) is 9.94. The van der Waals surface area contributed by atoms with Gasteiger partial charge in [-0.1, -0.05) is 23.2 Å². The number of hydrogen-bond donors (Lipinski definition) is 2. The van der Waals surface area contributed by atoms with Crippen LogP contribution in [0.15, 0.2) is 51.8 Å². The fourth-order valence-electron chi connectivity index (χ4n) is 3.16. The van der Waals surface area contributed by atoms with Crippen molar-refractivity contribution in [1.82, 2.24) is 4.98 Å². The van der Waals surface area contributed by atoms with Crippen LogP contribution in [0, 0.1) is 5.82 Å². The summed E-state index contributed by atoms with van der Waals surface area (Å²) in [5, 5.41) is 3.77. The summed E-state index contributed by atoms with van der Waals surface area (Å²) in [6.07, 6.45) is 1.50. The Morgan fingerprint density at radius 3 is 2.38 bits per heavy atom. The molecule has 4 rings (SSSR count). The van der Waals surface area contributed by atoms with E-state index in [0.29, 0.717) is 16.9 Å². The maximum Gasteiger partial charge on any atom is 0.344 e. The third-order valence-electron chi connectivity index (χ3n) is 4.74. The summed E-state index contributed by atoms with van der Waals surface area (Å²) in [5.74, 6) is 0.476. The minimum absolute atomic E-state index is 0.120. The number of nitrogen functional groups attached to an aromatic ring is 1. The van der Waals surface area contributed by atoms with E-state index in [4.69, 9.17) is 42.8 Å². The molecule has 0 saturated carbocycles. The second-order valence-electron chi connectivity index (χ2n) is 6.70. The van der Waals surface area contributed by atoms with Crippen LogP contribution in [-0.2, 0) is 0 Å². The Hall–Kier alpha value is -3.49. The molecule has 0 radical (unpaired) electrons. The highest BCUT2D eigenvalue weighted by molar-refractivity contribution is 6.41. The minimum atomic E-state index is -0.671. The summed E-state index contributed by atoms with van der Waals surface area (Å²) in [4.78, 5) is 17.1. The van der Waals surface area contributed by atoms with Gasteiger partial charge in [0.2, 0.25) is 0 Å². The third-order valence-corrected chi connectivity index (χ3v) is 5.49. The maximum atomic E-state index is 13.3. The van der Waals surface area contributed by atoms with Crippen molar-refractivity contribution in [3.63, 3.8) is 0 Å². The van der Waals surface area contributed by atoms with Crippen LogP contribution in [-0.4, -0.2) is 19.2 Å². The minimum Gasteiger partial charge on any atom is -0.495 e. The first kappa shape index (κ1) is 21.7. The van der Waals surface area contributed by atoms with E-state index in [1.165, 1.54) is 50.7 Å². The van der Waals surface area contributed by atoms with Crippen molar-refractivity contribution < 1.29 is 18.3 Å². The number of hydrogen-bond acceptors (Lipinski definition) is 7. The SMILES string of the molecule is COc1cc(OC)c(Cl)c(-c2cc3cnc(Nc4ccc(F)cc4N)cc3oc2=O)c1Cl. The molecule has 0 fully saturated rings. The first-order chi connectivity index (χ1) is 15.3. The van der Waals surface area contributed by atoms with Crippen molar-refractivity contribution >= 4 is 51.4 Å². The molecule has 0 atom stereocenters. The standard InChI is InChI=1S/C22H16Cl2FN3O4/c1-30-16-7-17(31-2)21(24)19(20(16)23)12-5-10-9-27-18(8-15(10)32-22(12)29)28-14-4-3-11(25)6-13(14)26/h3-9H,26H2,1-2H3,(H,27,28). The number of aromatic nitrogens is 1. The maximum absolute atomic E-state index is 13.3. The van der Waals surface area contributed by atoms with Gasteiger partial charge < -0.3 is 24.9 Å². The molecule has 0 amide bonds. The van der Waals surface area contributed by atoms with Crippen LogP contribution in [0.5, 0.6) is 11.5 Å². The molecule has 7 nitrogen and oxygen atoms in total. The molecular weight excluding hydrogens is 460 g/mol. The fourth-order valence-corrected chi connectivity index (χ4v) is 3.87. The average molecular weight is 476 g/mol. The van der Waals surface area contributed by atoms with E-state index < -0.39 is 11.4 Å². The normalized spacial score (nSPS) is 10.9. The number of nitrogens with zero attached hydrogens (tertiary/aromatic N) is 1. The molecule has 3 N–H and O–H groups in total. The van der Waals surface area contributed by atoms with Gasteiger partial charge in [0, 0.05) is 29.3 Å². The number of nitrogens with one attached hydrogen (secondary N) is 1. The summed E-state index contributed by atoms with van der Waals surface area (Å²) in [6, 6.07) is 8.55. The van der Waals surface area contributed by atoms with Crippen LogP contribution in [0.3, 0.4) is 0 Å². The molecule has 0 saturated heterocycles. The summed E-state index contributed by atoms with van der Waals surface area (Å²) < 4.78 is 29.3. The summed E-state index contributed by atoms with van der Waals surface area (Å²) in [5.41, 5.74) is 6.42. The molecule has 0 aliphatic rings. The molecule has 164 valence electrons. The van der Waals surface area contributed by atoms with Gasteiger partial charge in [-0.2, -0.15) is 0 Å². The number of anilines is 3. The molecule has 0 aliphatic carbocycles. The Labute approximate surface area is 191 Å². The Balaban J connectivity index is 1.81. The lowest BCUT2D eigenvalue weighted by atomic mass is 10.1. The monoisotopic (exact) mass is 475 g/mol. The smallest absolute Gasteiger partial charge is 0.344 e. The van der Waals surface area contributed by atoms with Gasteiger partial charge in [0.25, 0.3) is 0 Å². The van der Waals surface area contributed by atoms with Gasteiger partial charge in [0.05, 0.1) is 41.2 Å². The average Bonchev–Trinajstić information content (AvgIpc) is 2.76. The Morgan fingerprint density at radius 2 is 1.75 bits per heavy atom. The van der Waals surface area contributed by atoms with Crippen LogP contribution in [0.2, 0.25) is 10.0 Å². The van der Waals surface area contributed by atoms with Gasteiger partial charge in [-0.25, -0.2) is 14.2 Å². The number of halogens is 3. The second-order valence-corrected chi connectivity index (χ2v) is 7.45. The number of benzene rings is 2. The highest BCUT2D eigenvalue weighted by Gasteiger charge is 2.22. The Bertz CT molecular complexity index is 1380. The van der Waals surface area contributed by atoms with Gasteiger partial charge in [0.1, 0.15) is 28.7 Å². The van der Waals surface area contributed by atoms with Gasteiger partial charge in [-0.15, -0.1) is 0 Å². The molecule has 0 aliphatic heterocycles. The van der Waals surface area contributed by atoms with Crippen molar-refractivity contribution in [2.24, 2.45) is 0 Å². The zero-order chi connectivity index (χ0) is 23.0. The van der Waals surface area contributed by atoms with Crippen molar-refractivity contribution in [3.8, 4) is 22.6 Å². The molecule has 32 heavy (non-hydrogen) atoms. The predicted octanol–water partition coefficient (Wildman–Crippen LogP) is 5.64. The second kappa shape index (κ2) is 8.57. The lowest BCUT2D eigenvalue weighted by Crippen LogP contribution is -2.05. The molecule has 0 bridgehead atoms. The van der Waals surface area contributed by atoms with Crippen LogP contribution in [0.4, 0.5) is 21.6 Å². The van der Waals surface area contributed by atoms with Crippen molar-refractivity contribution in [1.29, 1.82) is 0 Å². The van der Waals surface area contributed by atoms with E-state index >= 15 is 0 Å². The highest BCUT2D eigenvalue weighted by Crippen LogP contribution is 2.45. The summed E-state index contributed by atoms with van der Waals surface area (Å²) in [6.45, 7) is 0. The fraction of sp³-hybridized carbons (Fsp3) is 0.0909. The topological polar surface area (TPSA) is 99.6 Å². The largest absolute Gasteiger partial charge is 0.495 e.